The molecule has 1 heterocycles. The van der Waals surface area contributed by atoms with Gasteiger partial charge in [0.25, 0.3) is 0 Å². The van der Waals surface area contributed by atoms with E-state index in [1.807, 2.05) is 6.26 Å². The largest absolute Gasteiger partial charge is 0.480 e. The number of halogens is 1. The molecule has 0 aliphatic rings. The predicted molar refractivity (Wildman–Crippen MR) is 55.3 cm³/mol. The SMILES string of the molecule is COc1ncc(I)cc1SC. The van der Waals surface area contributed by atoms with Crippen molar-refractivity contribution in [3.63, 3.8) is 0 Å². The summed E-state index contributed by atoms with van der Waals surface area (Å²) in [7, 11) is 1.63. The number of hydrogen-bond donors (Lipinski definition) is 0. The lowest BCUT2D eigenvalue weighted by Gasteiger charge is -2.03. The van der Waals surface area contributed by atoms with E-state index in [1.165, 1.54) is 0 Å². The number of ether oxygens (including phenoxy) is 1. The monoisotopic (exact) mass is 281 g/mol. The topological polar surface area (TPSA) is 22.1 Å². The molecule has 1 aromatic heterocycles. The molecule has 1 rings (SSSR count). The second-order valence-corrected chi connectivity index (χ2v) is 3.96. The summed E-state index contributed by atoms with van der Waals surface area (Å²) in [5, 5.41) is 0. The van der Waals surface area contributed by atoms with Gasteiger partial charge in [0.1, 0.15) is 0 Å². The normalized spacial score (nSPS) is 9.73. The molecule has 0 amide bonds. The summed E-state index contributed by atoms with van der Waals surface area (Å²) >= 11 is 3.87. The van der Waals surface area contributed by atoms with Crippen LogP contribution in [0.1, 0.15) is 0 Å². The Hall–Kier alpha value is 0.0300. The van der Waals surface area contributed by atoms with Gasteiger partial charge in [0.05, 0.1) is 12.0 Å². The van der Waals surface area contributed by atoms with Gasteiger partial charge in [-0.05, 0) is 34.9 Å². The quantitative estimate of drug-likeness (QED) is 0.614. The van der Waals surface area contributed by atoms with Crippen molar-refractivity contribution >= 4 is 34.4 Å². The van der Waals surface area contributed by atoms with Crippen molar-refractivity contribution in [1.29, 1.82) is 0 Å². The lowest BCUT2D eigenvalue weighted by atomic mass is 10.5. The second kappa shape index (κ2) is 4.15. The van der Waals surface area contributed by atoms with Crippen molar-refractivity contribution in [2.75, 3.05) is 13.4 Å². The average Bonchev–Trinajstić information content (AvgIpc) is 2.04. The van der Waals surface area contributed by atoms with E-state index in [2.05, 4.69) is 33.6 Å². The molecule has 0 saturated carbocycles. The molecule has 2 nitrogen and oxygen atoms in total. The number of methoxy groups -OCH3 is 1. The molecule has 0 aliphatic heterocycles. The van der Waals surface area contributed by atoms with Crippen LogP contribution >= 0.6 is 34.4 Å². The van der Waals surface area contributed by atoms with Gasteiger partial charge in [-0.1, -0.05) is 0 Å². The lowest BCUT2D eigenvalue weighted by Crippen LogP contribution is -1.90. The van der Waals surface area contributed by atoms with E-state index < -0.39 is 0 Å². The van der Waals surface area contributed by atoms with Gasteiger partial charge in [-0.25, -0.2) is 4.98 Å². The zero-order valence-corrected chi connectivity index (χ0v) is 9.27. The highest BCUT2D eigenvalue weighted by atomic mass is 127. The summed E-state index contributed by atoms with van der Waals surface area (Å²) < 4.78 is 6.19. The third-order valence-electron chi connectivity index (χ3n) is 1.20. The Morgan fingerprint density at radius 1 is 1.64 bits per heavy atom. The number of aromatic nitrogens is 1. The summed E-state index contributed by atoms with van der Waals surface area (Å²) in [6, 6.07) is 2.05. The van der Waals surface area contributed by atoms with Crippen molar-refractivity contribution in [3.8, 4) is 5.88 Å². The van der Waals surface area contributed by atoms with Gasteiger partial charge in [0.2, 0.25) is 5.88 Å². The molecule has 0 bridgehead atoms. The Labute approximate surface area is 83.9 Å². The summed E-state index contributed by atoms with van der Waals surface area (Å²) in [6.45, 7) is 0. The highest BCUT2D eigenvalue weighted by molar-refractivity contribution is 14.1. The fourth-order valence-corrected chi connectivity index (χ4v) is 1.93. The maximum Gasteiger partial charge on any atom is 0.227 e. The van der Waals surface area contributed by atoms with Crippen LogP contribution < -0.4 is 4.74 Å². The van der Waals surface area contributed by atoms with Crippen LogP contribution in [-0.2, 0) is 0 Å². The lowest BCUT2D eigenvalue weighted by molar-refractivity contribution is 0.387. The summed E-state index contributed by atoms with van der Waals surface area (Å²) in [6.07, 6.45) is 3.80. The first-order valence-corrected chi connectivity index (χ1v) is 5.32. The molecule has 0 N–H and O–H groups in total. The van der Waals surface area contributed by atoms with Gasteiger partial charge in [-0.3, -0.25) is 0 Å². The van der Waals surface area contributed by atoms with E-state index in [-0.39, 0.29) is 0 Å². The molecule has 0 unspecified atom stereocenters. The first-order valence-electron chi connectivity index (χ1n) is 3.01. The number of rotatable bonds is 2. The molecule has 0 radical (unpaired) electrons. The van der Waals surface area contributed by atoms with Gasteiger partial charge < -0.3 is 4.74 Å². The second-order valence-electron chi connectivity index (χ2n) is 1.87. The minimum atomic E-state index is 0.706. The predicted octanol–water partition coefficient (Wildman–Crippen LogP) is 2.42. The van der Waals surface area contributed by atoms with Crippen molar-refractivity contribution < 1.29 is 4.74 Å². The Balaban J connectivity index is 3.06. The van der Waals surface area contributed by atoms with Crippen LogP contribution in [0.2, 0.25) is 0 Å². The zero-order chi connectivity index (χ0) is 8.27. The van der Waals surface area contributed by atoms with E-state index in [1.54, 1.807) is 25.1 Å². The molecular weight excluding hydrogens is 273 g/mol. The smallest absolute Gasteiger partial charge is 0.227 e. The third kappa shape index (κ3) is 2.23. The number of pyridine rings is 1. The van der Waals surface area contributed by atoms with Crippen LogP contribution in [0.15, 0.2) is 17.2 Å². The standard InChI is InChI=1S/C7H8INOS/c1-10-7-6(11-2)3-5(8)4-9-7/h3-4H,1-2H3. The van der Waals surface area contributed by atoms with E-state index >= 15 is 0 Å². The van der Waals surface area contributed by atoms with Gasteiger partial charge in [-0.2, -0.15) is 0 Å². The molecule has 11 heavy (non-hydrogen) atoms. The van der Waals surface area contributed by atoms with E-state index in [0.29, 0.717) is 5.88 Å². The third-order valence-corrected chi connectivity index (χ3v) is 2.52. The van der Waals surface area contributed by atoms with Crippen molar-refractivity contribution in [2.24, 2.45) is 0 Å². The number of nitrogens with zero attached hydrogens (tertiary/aromatic N) is 1. The number of thioether (sulfide) groups is 1. The first-order chi connectivity index (χ1) is 5.27. The zero-order valence-electron chi connectivity index (χ0n) is 6.30. The van der Waals surface area contributed by atoms with Crippen LogP contribution in [0, 0.1) is 3.57 Å². The molecular formula is C7H8INOS. The van der Waals surface area contributed by atoms with Gasteiger partial charge in [0, 0.05) is 9.77 Å². The molecule has 0 saturated heterocycles. The maximum absolute atomic E-state index is 5.06. The molecule has 0 fully saturated rings. The Morgan fingerprint density at radius 2 is 2.36 bits per heavy atom. The Morgan fingerprint density at radius 3 is 2.91 bits per heavy atom. The van der Waals surface area contributed by atoms with Crippen molar-refractivity contribution in [1.82, 2.24) is 4.98 Å². The fraction of sp³-hybridized carbons (Fsp3) is 0.286. The molecule has 0 aliphatic carbocycles. The minimum Gasteiger partial charge on any atom is -0.480 e. The minimum absolute atomic E-state index is 0.706. The van der Waals surface area contributed by atoms with Crippen LogP contribution in [-0.4, -0.2) is 18.3 Å². The molecule has 0 atom stereocenters. The molecule has 0 spiro atoms. The van der Waals surface area contributed by atoms with E-state index in [9.17, 15) is 0 Å². The highest BCUT2D eigenvalue weighted by Gasteiger charge is 2.02. The van der Waals surface area contributed by atoms with Crippen LogP contribution in [0.3, 0.4) is 0 Å². The van der Waals surface area contributed by atoms with Crippen LogP contribution in [0.5, 0.6) is 5.88 Å². The van der Waals surface area contributed by atoms with Crippen LogP contribution in [0.4, 0.5) is 0 Å². The molecule has 1 aromatic rings. The Kier molecular flexibility index (Phi) is 3.45. The van der Waals surface area contributed by atoms with Crippen molar-refractivity contribution in [3.05, 3.63) is 15.8 Å². The Bertz CT molecular complexity index is 254. The average molecular weight is 281 g/mol. The maximum atomic E-state index is 5.06. The molecule has 4 heteroatoms. The molecule has 60 valence electrons. The number of hydrogen-bond acceptors (Lipinski definition) is 3. The van der Waals surface area contributed by atoms with E-state index in [0.717, 1.165) is 8.47 Å². The summed E-state index contributed by atoms with van der Waals surface area (Å²) in [5.41, 5.74) is 0. The van der Waals surface area contributed by atoms with Crippen LogP contribution in [0.25, 0.3) is 0 Å². The summed E-state index contributed by atoms with van der Waals surface area (Å²) in [4.78, 5) is 5.20. The fourth-order valence-electron chi connectivity index (χ4n) is 0.708. The summed E-state index contributed by atoms with van der Waals surface area (Å²) in [5.74, 6) is 0.706. The van der Waals surface area contributed by atoms with E-state index in [4.69, 9.17) is 4.74 Å². The van der Waals surface area contributed by atoms with Gasteiger partial charge in [-0.15, -0.1) is 11.8 Å². The van der Waals surface area contributed by atoms with Gasteiger partial charge in [0.15, 0.2) is 0 Å². The van der Waals surface area contributed by atoms with Gasteiger partial charge >= 0.3 is 0 Å². The highest BCUT2D eigenvalue weighted by Crippen LogP contribution is 2.25. The first kappa shape index (κ1) is 9.12. The molecule has 0 aromatic carbocycles. The van der Waals surface area contributed by atoms with Crippen molar-refractivity contribution in [2.45, 2.75) is 4.90 Å².